The third-order valence-corrected chi connectivity index (χ3v) is 2.52. The number of hydrogen-bond donors (Lipinski definition) is 2. The summed E-state index contributed by atoms with van der Waals surface area (Å²) in [6.07, 6.45) is 2.39. The second-order valence-electron chi connectivity index (χ2n) is 3.99. The van der Waals surface area contributed by atoms with Crippen LogP contribution in [0.5, 0.6) is 0 Å². The highest BCUT2D eigenvalue weighted by Gasteiger charge is 2.14. The first-order chi connectivity index (χ1) is 9.08. The highest BCUT2D eigenvalue weighted by atomic mass is 19.2. The lowest BCUT2D eigenvalue weighted by atomic mass is 10.2. The highest BCUT2D eigenvalue weighted by molar-refractivity contribution is 5.45. The lowest BCUT2D eigenvalue weighted by Gasteiger charge is -2.13. The molecule has 1 heterocycles. The smallest absolute Gasteiger partial charge is 0.196 e. The molecular formula is C12H12F3N3O. The SMILES string of the molecule is OC(CNc1ccc(F)c(F)c1F)Cn1cccn1. The van der Waals surface area contributed by atoms with Gasteiger partial charge in [-0.05, 0) is 18.2 Å². The van der Waals surface area contributed by atoms with Crippen LogP contribution in [0.2, 0.25) is 0 Å². The standard InChI is InChI=1S/C12H12F3N3O/c13-9-2-3-10(12(15)11(9)14)16-6-8(19)7-18-5-1-4-17-18/h1-5,8,16,19H,6-7H2. The van der Waals surface area contributed by atoms with Crippen LogP contribution in [-0.2, 0) is 6.54 Å². The average Bonchev–Trinajstić information content (AvgIpc) is 2.88. The van der Waals surface area contributed by atoms with E-state index in [0.29, 0.717) is 0 Å². The summed E-state index contributed by atoms with van der Waals surface area (Å²) in [7, 11) is 0. The minimum Gasteiger partial charge on any atom is -0.389 e. The monoisotopic (exact) mass is 271 g/mol. The Morgan fingerprint density at radius 3 is 2.74 bits per heavy atom. The third kappa shape index (κ3) is 3.25. The molecule has 0 amide bonds. The molecule has 2 aromatic rings. The molecule has 0 aliphatic heterocycles. The van der Waals surface area contributed by atoms with Gasteiger partial charge in [0.25, 0.3) is 0 Å². The predicted octanol–water partition coefficient (Wildman–Crippen LogP) is 1.77. The molecule has 102 valence electrons. The van der Waals surface area contributed by atoms with E-state index in [1.54, 1.807) is 18.5 Å². The van der Waals surface area contributed by atoms with Crippen molar-refractivity contribution in [3.63, 3.8) is 0 Å². The molecule has 2 rings (SSSR count). The Balaban J connectivity index is 1.93. The van der Waals surface area contributed by atoms with Crippen LogP contribution in [0.4, 0.5) is 18.9 Å². The number of anilines is 1. The van der Waals surface area contributed by atoms with Crippen molar-refractivity contribution in [3.05, 3.63) is 48.0 Å². The molecule has 1 unspecified atom stereocenters. The van der Waals surface area contributed by atoms with Gasteiger partial charge in [0.1, 0.15) is 0 Å². The molecule has 0 spiro atoms. The molecule has 1 aromatic heterocycles. The molecule has 0 saturated heterocycles. The summed E-state index contributed by atoms with van der Waals surface area (Å²) >= 11 is 0. The topological polar surface area (TPSA) is 50.1 Å². The van der Waals surface area contributed by atoms with E-state index >= 15 is 0 Å². The number of halogens is 3. The Morgan fingerprint density at radius 1 is 1.26 bits per heavy atom. The van der Waals surface area contributed by atoms with Crippen LogP contribution in [0.15, 0.2) is 30.6 Å². The molecular weight excluding hydrogens is 259 g/mol. The summed E-state index contributed by atoms with van der Waals surface area (Å²) in [4.78, 5) is 0. The van der Waals surface area contributed by atoms with Gasteiger partial charge in [-0.25, -0.2) is 13.2 Å². The molecule has 0 bridgehead atoms. The van der Waals surface area contributed by atoms with Crippen molar-refractivity contribution in [3.8, 4) is 0 Å². The molecule has 0 saturated carbocycles. The lowest BCUT2D eigenvalue weighted by molar-refractivity contribution is 0.161. The first kappa shape index (κ1) is 13.4. The Morgan fingerprint density at radius 2 is 2.05 bits per heavy atom. The Hall–Kier alpha value is -2.02. The molecule has 0 radical (unpaired) electrons. The van der Waals surface area contributed by atoms with E-state index in [2.05, 4.69) is 10.4 Å². The normalized spacial score (nSPS) is 12.4. The molecule has 2 N–H and O–H groups in total. The maximum atomic E-state index is 13.3. The number of nitrogens with zero attached hydrogens (tertiary/aromatic N) is 2. The van der Waals surface area contributed by atoms with Gasteiger partial charge in [0.15, 0.2) is 17.5 Å². The van der Waals surface area contributed by atoms with Gasteiger partial charge >= 0.3 is 0 Å². The van der Waals surface area contributed by atoms with Gasteiger partial charge in [-0.1, -0.05) is 0 Å². The minimum absolute atomic E-state index is 0.0121. The van der Waals surface area contributed by atoms with Gasteiger partial charge in [-0.2, -0.15) is 5.10 Å². The van der Waals surface area contributed by atoms with Crippen LogP contribution in [0.25, 0.3) is 0 Å². The number of aliphatic hydroxyl groups is 1. The fraction of sp³-hybridized carbons (Fsp3) is 0.250. The molecule has 0 aliphatic carbocycles. The molecule has 1 aromatic carbocycles. The number of rotatable bonds is 5. The van der Waals surface area contributed by atoms with E-state index in [1.807, 2.05) is 0 Å². The zero-order chi connectivity index (χ0) is 13.8. The largest absolute Gasteiger partial charge is 0.389 e. The van der Waals surface area contributed by atoms with Crippen LogP contribution >= 0.6 is 0 Å². The quantitative estimate of drug-likeness (QED) is 0.815. The summed E-state index contributed by atoms with van der Waals surface area (Å²) in [5.74, 6) is -4.09. The summed E-state index contributed by atoms with van der Waals surface area (Å²) in [5.41, 5.74) is -0.196. The van der Waals surface area contributed by atoms with Crippen LogP contribution in [0.3, 0.4) is 0 Å². The number of aliphatic hydroxyl groups excluding tert-OH is 1. The average molecular weight is 271 g/mol. The van der Waals surface area contributed by atoms with E-state index in [9.17, 15) is 18.3 Å². The van der Waals surface area contributed by atoms with Crippen molar-refractivity contribution < 1.29 is 18.3 Å². The number of hydrogen-bond acceptors (Lipinski definition) is 3. The molecule has 7 heteroatoms. The van der Waals surface area contributed by atoms with Crippen LogP contribution in [0, 0.1) is 17.5 Å². The molecule has 0 fully saturated rings. The summed E-state index contributed by atoms with van der Waals surface area (Å²) in [5, 5.41) is 16.1. The first-order valence-electron chi connectivity index (χ1n) is 5.61. The summed E-state index contributed by atoms with van der Waals surface area (Å²) < 4.78 is 40.5. The number of nitrogens with one attached hydrogen (secondary N) is 1. The first-order valence-corrected chi connectivity index (χ1v) is 5.61. The molecule has 4 nitrogen and oxygen atoms in total. The van der Waals surface area contributed by atoms with Crippen LogP contribution < -0.4 is 5.32 Å². The van der Waals surface area contributed by atoms with Gasteiger partial charge in [0, 0.05) is 18.9 Å². The zero-order valence-electron chi connectivity index (χ0n) is 9.85. The molecule has 19 heavy (non-hydrogen) atoms. The van der Waals surface area contributed by atoms with Crippen molar-refractivity contribution >= 4 is 5.69 Å². The zero-order valence-corrected chi connectivity index (χ0v) is 9.85. The van der Waals surface area contributed by atoms with Gasteiger partial charge < -0.3 is 10.4 Å². The van der Waals surface area contributed by atoms with E-state index in [1.165, 1.54) is 4.68 Å². The van der Waals surface area contributed by atoms with Crippen LogP contribution in [0.1, 0.15) is 0 Å². The van der Waals surface area contributed by atoms with Crippen molar-refractivity contribution in [2.24, 2.45) is 0 Å². The van der Waals surface area contributed by atoms with Crippen LogP contribution in [-0.4, -0.2) is 27.5 Å². The number of benzene rings is 1. The summed E-state index contributed by atoms with van der Waals surface area (Å²) in [6, 6.07) is 3.60. The Bertz CT molecular complexity index is 545. The Kier molecular flexibility index (Phi) is 4.06. The minimum atomic E-state index is -1.54. The highest BCUT2D eigenvalue weighted by Crippen LogP contribution is 2.19. The van der Waals surface area contributed by atoms with Crippen molar-refractivity contribution in [1.82, 2.24) is 9.78 Å². The van der Waals surface area contributed by atoms with E-state index in [0.717, 1.165) is 12.1 Å². The van der Waals surface area contributed by atoms with E-state index in [-0.39, 0.29) is 18.8 Å². The molecule has 1 atom stereocenters. The van der Waals surface area contributed by atoms with Gasteiger partial charge in [0.05, 0.1) is 18.3 Å². The second-order valence-corrected chi connectivity index (χ2v) is 3.99. The maximum Gasteiger partial charge on any atom is 0.196 e. The van der Waals surface area contributed by atoms with Gasteiger partial charge in [0.2, 0.25) is 0 Å². The van der Waals surface area contributed by atoms with Crippen molar-refractivity contribution in [2.45, 2.75) is 12.6 Å². The van der Waals surface area contributed by atoms with Gasteiger partial charge in [-0.3, -0.25) is 4.68 Å². The van der Waals surface area contributed by atoms with E-state index < -0.39 is 23.6 Å². The molecule has 0 aliphatic rings. The fourth-order valence-electron chi connectivity index (χ4n) is 1.58. The van der Waals surface area contributed by atoms with Crippen molar-refractivity contribution in [2.75, 3.05) is 11.9 Å². The fourth-order valence-corrected chi connectivity index (χ4v) is 1.58. The van der Waals surface area contributed by atoms with E-state index in [4.69, 9.17) is 0 Å². The third-order valence-electron chi connectivity index (χ3n) is 2.52. The number of aromatic nitrogens is 2. The predicted molar refractivity (Wildman–Crippen MR) is 63.0 cm³/mol. The maximum absolute atomic E-state index is 13.3. The Labute approximate surface area is 107 Å². The summed E-state index contributed by atoms with van der Waals surface area (Å²) in [6.45, 7) is 0.202. The lowest BCUT2D eigenvalue weighted by Crippen LogP contribution is -2.25. The van der Waals surface area contributed by atoms with Crippen molar-refractivity contribution in [1.29, 1.82) is 0 Å². The second kappa shape index (κ2) is 5.75. The van der Waals surface area contributed by atoms with Gasteiger partial charge in [-0.15, -0.1) is 0 Å².